The fourth-order valence-corrected chi connectivity index (χ4v) is 0.547. The summed E-state index contributed by atoms with van der Waals surface area (Å²) in [5.41, 5.74) is -2.55. The van der Waals surface area contributed by atoms with Crippen molar-refractivity contribution in [1.82, 2.24) is 0 Å². The Morgan fingerprint density at radius 2 is 1.83 bits per heavy atom. The molecule has 6 heteroatoms. The van der Waals surface area contributed by atoms with Crippen molar-refractivity contribution < 1.29 is 29.3 Å². The van der Waals surface area contributed by atoms with Crippen molar-refractivity contribution >= 4 is 18.4 Å². The van der Waals surface area contributed by atoms with Crippen LogP contribution in [0, 0.1) is 6.92 Å². The zero-order valence-electron chi connectivity index (χ0n) is 6.02. The van der Waals surface area contributed by atoms with Crippen LogP contribution in [0.3, 0.4) is 0 Å². The van der Waals surface area contributed by atoms with Gasteiger partial charge in [-0.2, -0.15) is 0 Å². The Hall–Kier alpha value is -1.59. The number of carbonyl (C=O) groups excluding carboxylic acids is 1. The van der Waals surface area contributed by atoms with E-state index in [1.54, 1.807) is 0 Å². The van der Waals surface area contributed by atoms with Gasteiger partial charge in [0.2, 0.25) is 0 Å². The Kier molecular flexibility index (Phi) is 3.21. The van der Waals surface area contributed by atoms with Gasteiger partial charge < -0.3 is 14.9 Å². The predicted octanol–water partition coefficient (Wildman–Crippen LogP) is -0.708. The summed E-state index contributed by atoms with van der Waals surface area (Å²) in [4.78, 5) is 30.6. The molecule has 0 aromatic carbocycles. The third-order valence-electron chi connectivity index (χ3n) is 1.29. The summed E-state index contributed by atoms with van der Waals surface area (Å²) in [6, 6.07) is 0. The van der Waals surface area contributed by atoms with Crippen LogP contribution in [0.15, 0.2) is 0 Å². The monoisotopic (exact) mass is 175 g/mol. The van der Waals surface area contributed by atoms with Crippen LogP contribution in [-0.4, -0.2) is 34.2 Å². The highest BCUT2D eigenvalue weighted by Crippen LogP contribution is 2.15. The molecule has 67 valence electrons. The quantitative estimate of drug-likeness (QED) is 0.423. The number of carboxylic acid groups (broad SMARTS) is 2. The van der Waals surface area contributed by atoms with Crippen molar-refractivity contribution in [3.63, 3.8) is 0 Å². The van der Waals surface area contributed by atoms with Gasteiger partial charge in [0, 0.05) is 6.42 Å². The zero-order chi connectivity index (χ0) is 9.78. The molecule has 0 saturated heterocycles. The van der Waals surface area contributed by atoms with E-state index in [4.69, 9.17) is 10.2 Å². The number of aliphatic carboxylic acids is 2. The second-order valence-corrected chi connectivity index (χ2v) is 1.90. The van der Waals surface area contributed by atoms with Crippen LogP contribution < -0.4 is 0 Å². The highest BCUT2D eigenvalue weighted by Gasteiger charge is 2.47. The van der Waals surface area contributed by atoms with E-state index in [9.17, 15) is 14.4 Å². The third kappa shape index (κ3) is 1.52. The number of carbonyl (C=O) groups is 3. The molecule has 0 heterocycles. The lowest BCUT2D eigenvalue weighted by atomic mass is 10.0. The van der Waals surface area contributed by atoms with E-state index in [1.165, 1.54) is 0 Å². The van der Waals surface area contributed by atoms with E-state index in [0.29, 0.717) is 0 Å². The summed E-state index contributed by atoms with van der Waals surface area (Å²) in [5.74, 6) is -3.51. The first-order valence-electron chi connectivity index (χ1n) is 2.88. The van der Waals surface area contributed by atoms with Crippen LogP contribution in [0.25, 0.3) is 0 Å². The van der Waals surface area contributed by atoms with Gasteiger partial charge in [0.25, 0.3) is 6.47 Å². The molecule has 0 atom stereocenters. The Labute approximate surface area is 67.8 Å². The van der Waals surface area contributed by atoms with Gasteiger partial charge in [-0.05, 0) is 6.92 Å². The number of rotatable bonds is 5. The van der Waals surface area contributed by atoms with E-state index < -0.39 is 24.0 Å². The maximum absolute atomic E-state index is 10.4. The average Bonchev–Trinajstić information content (AvgIpc) is 1.98. The highest BCUT2D eigenvalue weighted by molar-refractivity contribution is 6.02. The molecule has 0 aliphatic rings. The molecular weight excluding hydrogens is 168 g/mol. The molecule has 0 spiro atoms. The van der Waals surface area contributed by atoms with Gasteiger partial charge in [0.15, 0.2) is 0 Å². The summed E-state index contributed by atoms with van der Waals surface area (Å²) >= 11 is 0. The highest BCUT2D eigenvalue weighted by atomic mass is 16.6. The van der Waals surface area contributed by atoms with Gasteiger partial charge in [-0.25, -0.2) is 9.59 Å². The van der Waals surface area contributed by atoms with Gasteiger partial charge in [0.1, 0.15) is 0 Å². The SMILES string of the molecule is [CH2]CC(OC=O)(C(=O)O)C(=O)O. The van der Waals surface area contributed by atoms with Crippen molar-refractivity contribution in [1.29, 1.82) is 0 Å². The Bertz CT molecular complexity index is 194. The lowest BCUT2D eigenvalue weighted by Gasteiger charge is -2.20. The first-order valence-corrected chi connectivity index (χ1v) is 2.88. The summed E-state index contributed by atoms with van der Waals surface area (Å²) in [6.45, 7) is 2.84. The van der Waals surface area contributed by atoms with E-state index in [2.05, 4.69) is 11.7 Å². The maximum atomic E-state index is 10.4. The van der Waals surface area contributed by atoms with E-state index in [-0.39, 0.29) is 6.47 Å². The van der Waals surface area contributed by atoms with Gasteiger partial charge in [-0.3, -0.25) is 4.79 Å². The topological polar surface area (TPSA) is 101 Å². The molecule has 0 unspecified atom stereocenters. The summed E-state index contributed by atoms with van der Waals surface area (Å²) < 4.78 is 3.96. The molecule has 0 aromatic rings. The van der Waals surface area contributed by atoms with Crippen molar-refractivity contribution in [2.75, 3.05) is 0 Å². The Morgan fingerprint density at radius 1 is 1.42 bits per heavy atom. The molecule has 12 heavy (non-hydrogen) atoms. The van der Waals surface area contributed by atoms with Gasteiger partial charge in [-0.15, -0.1) is 0 Å². The molecule has 0 saturated carbocycles. The molecule has 0 rings (SSSR count). The van der Waals surface area contributed by atoms with Crippen molar-refractivity contribution in [3.8, 4) is 0 Å². The van der Waals surface area contributed by atoms with Gasteiger partial charge in [0.05, 0.1) is 0 Å². The molecule has 6 nitrogen and oxygen atoms in total. The first-order chi connectivity index (χ1) is 5.51. The van der Waals surface area contributed by atoms with Crippen LogP contribution in [0.1, 0.15) is 6.42 Å². The molecule has 0 amide bonds. The van der Waals surface area contributed by atoms with Gasteiger partial charge >= 0.3 is 17.5 Å². The first kappa shape index (κ1) is 10.4. The molecule has 0 aliphatic heterocycles. The van der Waals surface area contributed by atoms with Crippen LogP contribution in [-0.2, 0) is 19.1 Å². The van der Waals surface area contributed by atoms with Crippen molar-refractivity contribution in [2.24, 2.45) is 0 Å². The molecule has 0 bridgehead atoms. The zero-order valence-corrected chi connectivity index (χ0v) is 6.02. The number of hydrogen-bond donors (Lipinski definition) is 2. The molecule has 0 aromatic heterocycles. The van der Waals surface area contributed by atoms with Crippen LogP contribution in [0.5, 0.6) is 0 Å². The smallest absolute Gasteiger partial charge is 0.360 e. The standard InChI is InChI=1S/C6H7O6/c1-2-6(4(8)9,5(10)11)12-3-7/h3H,1-2H2,(H,8,9)(H,10,11). The largest absolute Gasteiger partial charge is 0.478 e. The third-order valence-corrected chi connectivity index (χ3v) is 1.29. The summed E-state index contributed by atoms with van der Waals surface area (Å²) in [5, 5.41) is 16.8. The van der Waals surface area contributed by atoms with Crippen LogP contribution >= 0.6 is 0 Å². The molecule has 1 radical (unpaired) electrons. The van der Waals surface area contributed by atoms with E-state index in [1.807, 2.05) is 0 Å². The van der Waals surface area contributed by atoms with E-state index in [0.717, 1.165) is 0 Å². The minimum atomic E-state index is -2.55. The Balaban J connectivity index is 4.88. The number of hydrogen-bond acceptors (Lipinski definition) is 4. The molecule has 0 fully saturated rings. The molecule has 2 N–H and O–H groups in total. The fraction of sp³-hybridized carbons (Fsp3) is 0.333. The van der Waals surface area contributed by atoms with Crippen LogP contribution in [0.2, 0.25) is 0 Å². The normalized spacial score (nSPS) is 10.4. The second-order valence-electron chi connectivity index (χ2n) is 1.90. The lowest BCUT2D eigenvalue weighted by molar-refractivity contribution is -0.184. The average molecular weight is 175 g/mol. The lowest BCUT2D eigenvalue weighted by Crippen LogP contribution is -2.48. The van der Waals surface area contributed by atoms with E-state index >= 15 is 0 Å². The maximum Gasteiger partial charge on any atom is 0.360 e. The minimum Gasteiger partial charge on any atom is -0.478 e. The molecular formula is C6H7O6. The summed E-state index contributed by atoms with van der Waals surface area (Å²) in [7, 11) is 0. The van der Waals surface area contributed by atoms with Crippen molar-refractivity contribution in [3.05, 3.63) is 6.92 Å². The second kappa shape index (κ2) is 3.70. The molecule has 0 aliphatic carbocycles. The Morgan fingerprint density at radius 3 is 1.92 bits per heavy atom. The number of ether oxygens (including phenoxy) is 1. The van der Waals surface area contributed by atoms with Crippen LogP contribution in [0.4, 0.5) is 0 Å². The summed E-state index contributed by atoms with van der Waals surface area (Å²) in [6.07, 6.45) is -0.573. The minimum absolute atomic E-state index is 0.229. The predicted molar refractivity (Wildman–Crippen MR) is 35.1 cm³/mol. The number of carboxylic acids is 2. The van der Waals surface area contributed by atoms with Crippen molar-refractivity contribution in [2.45, 2.75) is 12.0 Å². The fourth-order valence-electron chi connectivity index (χ4n) is 0.547. The van der Waals surface area contributed by atoms with Gasteiger partial charge in [-0.1, -0.05) is 0 Å².